The molecule has 0 nitrogen and oxygen atoms in total. The second-order valence-corrected chi connectivity index (χ2v) is 5.33. The van der Waals surface area contributed by atoms with Gasteiger partial charge in [-0.15, -0.1) is 11.8 Å². The monoisotopic (exact) mass is 298 g/mol. The lowest BCUT2D eigenvalue weighted by Crippen LogP contribution is -1.97. The molecule has 0 saturated heterocycles. The van der Waals surface area contributed by atoms with Crippen LogP contribution in [-0.4, -0.2) is 5.75 Å². The lowest BCUT2D eigenvalue weighted by Gasteiger charge is -2.08. The zero-order valence-electron chi connectivity index (χ0n) is 8.28. The predicted octanol–water partition coefficient (Wildman–Crippen LogP) is 4.61. The fourth-order valence-corrected chi connectivity index (χ4v) is 2.30. The van der Waals surface area contributed by atoms with E-state index in [-0.39, 0.29) is 9.37 Å². The molecule has 1 aromatic carbocycles. The van der Waals surface area contributed by atoms with Crippen molar-refractivity contribution in [2.45, 2.75) is 18.7 Å². The van der Waals surface area contributed by atoms with Crippen LogP contribution in [0.2, 0.25) is 0 Å². The number of benzene rings is 1. The van der Waals surface area contributed by atoms with Gasteiger partial charge in [0.1, 0.15) is 11.6 Å². The first kappa shape index (κ1) is 12.9. The summed E-state index contributed by atoms with van der Waals surface area (Å²) in [5.74, 6) is -1.72. The lowest BCUT2D eigenvalue weighted by atomic mass is 10.3. The van der Waals surface area contributed by atoms with Crippen molar-refractivity contribution in [3.05, 3.63) is 28.0 Å². The van der Waals surface area contributed by atoms with Crippen molar-refractivity contribution in [2.24, 2.45) is 5.92 Å². The van der Waals surface area contributed by atoms with Gasteiger partial charge in [-0.1, -0.05) is 13.8 Å². The first-order valence-electron chi connectivity index (χ1n) is 4.39. The highest BCUT2D eigenvalue weighted by Crippen LogP contribution is 2.32. The van der Waals surface area contributed by atoms with E-state index in [1.165, 1.54) is 0 Å². The van der Waals surface area contributed by atoms with Crippen molar-refractivity contribution in [1.29, 1.82) is 0 Å². The summed E-state index contributed by atoms with van der Waals surface area (Å²) in [6.07, 6.45) is 0. The summed E-state index contributed by atoms with van der Waals surface area (Å²) < 4.78 is 39.2. The average molecular weight is 299 g/mol. The van der Waals surface area contributed by atoms with Gasteiger partial charge in [-0.3, -0.25) is 0 Å². The van der Waals surface area contributed by atoms with Gasteiger partial charge in [0.2, 0.25) is 0 Å². The Labute approximate surface area is 99.4 Å². The minimum absolute atomic E-state index is 0.128. The van der Waals surface area contributed by atoms with Crippen LogP contribution in [0.25, 0.3) is 0 Å². The minimum Gasteiger partial charge on any atom is -0.206 e. The molecule has 0 amide bonds. The van der Waals surface area contributed by atoms with Crippen LogP contribution in [0.5, 0.6) is 0 Å². The number of hydrogen-bond donors (Lipinski definition) is 0. The first-order chi connectivity index (χ1) is 6.93. The molecule has 0 heterocycles. The highest BCUT2D eigenvalue weighted by Gasteiger charge is 2.17. The van der Waals surface area contributed by atoms with Crippen molar-refractivity contribution in [2.75, 3.05) is 5.75 Å². The Morgan fingerprint density at radius 1 is 1.27 bits per heavy atom. The molecular formula is C10H10BrF3S. The Morgan fingerprint density at radius 2 is 1.87 bits per heavy atom. The molecular weight excluding hydrogens is 289 g/mol. The van der Waals surface area contributed by atoms with E-state index in [1.54, 1.807) is 0 Å². The largest absolute Gasteiger partial charge is 0.206 e. The highest BCUT2D eigenvalue weighted by atomic mass is 79.9. The average Bonchev–Trinajstić information content (AvgIpc) is 2.14. The fraction of sp³-hybridized carbons (Fsp3) is 0.400. The molecule has 1 aromatic rings. The summed E-state index contributed by atoms with van der Waals surface area (Å²) in [6, 6.07) is 0.690. The van der Waals surface area contributed by atoms with E-state index in [4.69, 9.17) is 0 Å². The molecule has 15 heavy (non-hydrogen) atoms. The molecule has 0 aromatic heterocycles. The maximum absolute atomic E-state index is 13.4. The third kappa shape index (κ3) is 3.14. The summed E-state index contributed by atoms with van der Waals surface area (Å²) >= 11 is 3.80. The number of rotatable bonds is 3. The Morgan fingerprint density at radius 3 is 2.40 bits per heavy atom. The Bertz CT molecular complexity index is 366. The van der Waals surface area contributed by atoms with Gasteiger partial charge in [-0.05, 0) is 21.8 Å². The zero-order chi connectivity index (χ0) is 11.6. The molecule has 1 rings (SSSR count). The summed E-state index contributed by atoms with van der Waals surface area (Å²) in [5.41, 5.74) is 0. The SMILES string of the molecule is CC(C)CSc1c(F)cc(F)c(Br)c1F. The van der Waals surface area contributed by atoms with E-state index in [0.29, 0.717) is 17.7 Å². The topological polar surface area (TPSA) is 0 Å². The smallest absolute Gasteiger partial charge is 0.156 e. The summed E-state index contributed by atoms with van der Waals surface area (Å²) in [7, 11) is 0. The molecule has 0 atom stereocenters. The molecule has 0 bridgehead atoms. The summed E-state index contributed by atoms with van der Waals surface area (Å²) in [5, 5.41) is 0. The second kappa shape index (κ2) is 5.25. The fourth-order valence-electron chi connectivity index (χ4n) is 0.932. The maximum atomic E-state index is 13.4. The standard InChI is InChI=1S/C10H10BrF3S/c1-5(2)4-15-10-7(13)3-6(12)8(11)9(10)14/h3,5H,4H2,1-2H3. The van der Waals surface area contributed by atoms with Crippen molar-refractivity contribution < 1.29 is 13.2 Å². The maximum Gasteiger partial charge on any atom is 0.156 e. The van der Waals surface area contributed by atoms with E-state index in [0.717, 1.165) is 11.8 Å². The third-order valence-electron chi connectivity index (χ3n) is 1.63. The zero-order valence-corrected chi connectivity index (χ0v) is 10.7. The van der Waals surface area contributed by atoms with Gasteiger partial charge in [-0.25, -0.2) is 13.2 Å². The van der Waals surface area contributed by atoms with E-state index >= 15 is 0 Å². The van der Waals surface area contributed by atoms with Crippen molar-refractivity contribution in [1.82, 2.24) is 0 Å². The molecule has 0 aliphatic rings. The van der Waals surface area contributed by atoms with E-state index in [1.807, 2.05) is 13.8 Å². The van der Waals surface area contributed by atoms with Crippen LogP contribution in [-0.2, 0) is 0 Å². The second-order valence-electron chi connectivity index (χ2n) is 3.50. The normalized spacial score (nSPS) is 11.1. The Hall–Kier alpha value is -0.160. The summed E-state index contributed by atoms with van der Waals surface area (Å²) in [6.45, 7) is 3.89. The van der Waals surface area contributed by atoms with Crippen LogP contribution >= 0.6 is 27.7 Å². The Balaban J connectivity index is 3.02. The van der Waals surface area contributed by atoms with Gasteiger partial charge >= 0.3 is 0 Å². The minimum atomic E-state index is -0.918. The van der Waals surface area contributed by atoms with Crippen LogP contribution in [0.1, 0.15) is 13.8 Å². The van der Waals surface area contributed by atoms with Gasteiger partial charge in [-0.2, -0.15) is 0 Å². The van der Waals surface area contributed by atoms with E-state index < -0.39 is 17.5 Å². The molecule has 84 valence electrons. The van der Waals surface area contributed by atoms with Crippen LogP contribution in [0.15, 0.2) is 15.4 Å². The molecule has 0 saturated carbocycles. The van der Waals surface area contributed by atoms with Crippen LogP contribution in [0.3, 0.4) is 0 Å². The number of halogens is 4. The molecule has 0 N–H and O–H groups in total. The lowest BCUT2D eigenvalue weighted by molar-refractivity contribution is 0.502. The molecule has 0 aliphatic carbocycles. The van der Waals surface area contributed by atoms with Gasteiger partial charge in [0.25, 0.3) is 0 Å². The quantitative estimate of drug-likeness (QED) is 0.446. The van der Waals surface area contributed by atoms with Crippen LogP contribution in [0.4, 0.5) is 13.2 Å². The van der Waals surface area contributed by atoms with Gasteiger partial charge in [0, 0.05) is 11.8 Å². The van der Waals surface area contributed by atoms with Gasteiger partial charge < -0.3 is 0 Å². The van der Waals surface area contributed by atoms with Gasteiger partial charge in [0.05, 0.1) is 9.37 Å². The van der Waals surface area contributed by atoms with Crippen molar-refractivity contribution in [3.63, 3.8) is 0 Å². The molecule has 5 heteroatoms. The van der Waals surface area contributed by atoms with Crippen molar-refractivity contribution >= 4 is 27.7 Å². The molecule has 0 fully saturated rings. The summed E-state index contributed by atoms with van der Waals surface area (Å²) in [4.78, 5) is -0.128. The van der Waals surface area contributed by atoms with E-state index in [9.17, 15) is 13.2 Å². The predicted molar refractivity (Wildman–Crippen MR) is 59.6 cm³/mol. The molecule has 0 unspecified atom stereocenters. The van der Waals surface area contributed by atoms with Crippen molar-refractivity contribution in [3.8, 4) is 0 Å². The third-order valence-corrected chi connectivity index (χ3v) is 3.86. The first-order valence-corrected chi connectivity index (χ1v) is 6.17. The molecule has 0 spiro atoms. The van der Waals surface area contributed by atoms with Crippen LogP contribution < -0.4 is 0 Å². The highest BCUT2D eigenvalue weighted by molar-refractivity contribution is 9.10. The Kier molecular flexibility index (Phi) is 4.52. The molecule has 0 aliphatic heterocycles. The van der Waals surface area contributed by atoms with Gasteiger partial charge in [0.15, 0.2) is 5.82 Å². The van der Waals surface area contributed by atoms with E-state index in [2.05, 4.69) is 15.9 Å². The number of thioether (sulfide) groups is 1. The van der Waals surface area contributed by atoms with Crippen LogP contribution in [0, 0.1) is 23.4 Å². The molecule has 0 radical (unpaired) electrons. The number of hydrogen-bond acceptors (Lipinski definition) is 1.